The molecule has 1 atom stereocenters. The molecule has 1 saturated heterocycles. The predicted octanol–water partition coefficient (Wildman–Crippen LogP) is 4.14. The number of hydrogen-bond donors (Lipinski definition) is 1. The van der Waals surface area contributed by atoms with Crippen LogP contribution in [0, 0.1) is 0 Å². The summed E-state index contributed by atoms with van der Waals surface area (Å²) in [6.07, 6.45) is 0. The number of halogens is 2. The zero-order chi connectivity index (χ0) is 17.8. The van der Waals surface area contributed by atoms with Crippen molar-refractivity contribution in [2.75, 3.05) is 36.4 Å². The van der Waals surface area contributed by atoms with Crippen molar-refractivity contribution >= 4 is 40.5 Å². The van der Waals surface area contributed by atoms with Gasteiger partial charge >= 0.3 is 0 Å². The third-order valence-electron chi connectivity index (χ3n) is 4.55. The molecule has 0 spiro atoms. The monoisotopic (exact) mass is 377 g/mol. The van der Waals surface area contributed by atoms with Gasteiger partial charge in [-0.1, -0.05) is 41.4 Å². The van der Waals surface area contributed by atoms with E-state index in [1.165, 1.54) is 5.69 Å². The van der Waals surface area contributed by atoms with Crippen LogP contribution in [-0.4, -0.2) is 43.0 Å². The standard InChI is InChI=1S/C19H21Cl2N3O/c1-14(19(25)22-18-13-15(20)7-8-17(18)21)23-9-11-24(12-10-23)16-5-3-2-4-6-16/h2-8,13-14H,9-12H2,1H3,(H,22,25)/t14-/m0/s1. The van der Waals surface area contributed by atoms with Gasteiger partial charge in [-0.3, -0.25) is 9.69 Å². The van der Waals surface area contributed by atoms with E-state index in [-0.39, 0.29) is 11.9 Å². The van der Waals surface area contributed by atoms with Gasteiger partial charge in [0.1, 0.15) is 0 Å². The van der Waals surface area contributed by atoms with Crippen molar-refractivity contribution in [3.8, 4) is 0 Å². The highest BCUT2D eigenvalue weighted by Gasteiger charge is 2.26. The first kappa shape index (κ1) is 18.1. The number of carbonyl (C=O) groups excluding carboxylic acids is 1. The van der Waals surface area contributed by atoms with Crippen molar-refractivity contribution in [3.63, 3.8) is 0 Å². The number of amides is 1. The fourth-order valence-corrected chi connectivity index (χ4v) is 3.34. The minimum Gasteiger partial charge on any atom is -0.369 e. The Morgan fingerprint density at radius 1 is 1.04 bits per heavy atom. The van der Waals surface area contributed by atoms with E-state index < -0.39 is 0 Å². The molecule has 3 rings (SSSR count). The van der Waals surface area contributed by atoms with Gasteiger partial charge in [0.2, 0.25) is 5.91 Å². The third-order valence-corrected chi connectivity index (χ3v) is 5.11. The van der Waals surface area contributed by atoms with Gasteiger partial charge in [0.25, 0.3) is 0 Å². The highest BCUT2D eigenvalue weighted by atomic mass is 35.5. The molecule has 1 N–H and O–H groups in total. The van der Waals surface area contributed by atoms with Gasteiger partial charge in [0, 0.05) is 36.9 Å². The van der Waals surface area contributed by atoms with Crippen LogP contribution in [0.15, 0.2) is 48.5 Å². The highest BCUT2D eigenvalue weighted by molar-refractivity contribution is 6.35. The van der Waals surface area contributed by atoms with Crippen LogP contribution in [0.4, 0.5) is 11.4 Å². The average Bonchev–Trinajstić information content (AvgIpc) is 2.65. The molecule has 0 radical (unpaired) electrons. The Bertz CT molecular complexity index is 731. The number of nitrogens with zero attached hydrogens (tertiary/aromatic N) is 2. The zero-order valence-corrected chi connectivity index (χ0v) is 15.6. The average molecular weight is 378 g/mol. The summed E-state index contributed by atoms with van der Waals surface area (Å²) < 4.78 is 0. The number of rotatable bonds is 4. The lowest BCUT2D eigenvalue weighted by molar-refractivity contribution is -0.120. The van der Waals surface area contributed by atoms with Crippen LogP contribution in [0.3, 0.4) is 0 Å². The molecule has 0 bridgehead atoms. The first-order chi connectivity index (χ1) is 12.0. The maximum Gasteiger partial charge on any atom is 0.241 e. The van der Waals surface area contributed by atoms with Crippen molar-refractivity contribution in [1.29, 1.82) is 0 Å². The van der Waals surface area contributed by atoms with E-state index in [1.807, 2.05) is 25.1 Å². The van der Waals surface area contributed by atoms with E-state index in [4.69, 9.17) is 23.2 Å². The van der Waals surface area contributed by atoms with Crippen molar-refractivity contribution < 1.29 is 4.79 Å². The van der Waals surface area contributed by atoms with Crippen molar-refractivity contribution in [3.05, 3.63) is 58.6 Å². The van der Waals surface area contributed by atoms with Gasteiger partial charge in [0.05, 0.1) is 16.8 Å². The van der Waals surface area contributed by atoms with Crippen LogP contribution in [-0.2, 0) is 4.79 Å². The van der Waals surface area contributed by atoms with E-state index >= 15 is 0 Å². The summed E-state index contributed by atoms with van der Waals surface area (Å²) in [4.78, 5) is 17.1. The number of para-hydroxylation sites is 1. The van der Waals surface area contributed by atoms with E-state index in [0.717, 1.165) is 26.2 Å². The van der Waals surface area contributed by atoms with Gasteiger partial charge in [0.15, 0.2) is 0 Å². The first-order valence-electron chi connectivity index (χ1n) is 8.34. The summed E-state index contributed by atoms with van der Waals surface area (Å²) >= 11 is 12.1. The molecule has 1 aliphatic rings. The third kappa shape index (κ3) is 4.46. The summed E-state index contributed by atoms with van der Waals surface area (Å²) in [5, 5.41) is 3.91. The molecule has 0 aromatic heterocycles. The van der Waals surface area contributed by atoms with Crippen LogP contribution < -0.4 is 10.2 Å². The van der Waals surface area contributed by atoms with E-state index in [0.29, 0.717) is 15.7 Å². The van der Waals surface area contributed by atoms with Crippen molar-refractivity contribution in [2.24, 2.45) is 0 Å². The molecule has 0 saturated carbocycles. The molecule has 2 aromatic carbocycles. The van der Waals surface area contributed by atoms with Crippen LogP contribution in [0.1, 0.15) is 6.92 Å². The lowest BCUT2D eigenvalue weighted by Gasteiger charge is -2.38. The number of carbonyl (C=O) groups is 1. The molecule has 132 valence electrons. The summed E-state index contributed by atoms with van der Waals surface area (Å²) in [5.74, 6) is -0.0719. The lowest BCUT2D eigenvalue weighted by atomic mass is 10.2. The Hall–Kier alpha value is -1.75. The van der Waals surface area contributed by atoms with E-state index in [2.05, 4.69) is 27.2 Å². The van der Waals surface area contributed by atoms with Gasteiger partial charge in [-0.2, -0.15) is 0 Å². The molecule has 1 heterocycles. The smallest absolute Gasteiger partial charge is 0.241 e. The largest absolute Gasteiger partial charge is 0.369 e. The Kier molecular flexibility index (Phi) is 5.84. The second-order valence-corrected chi connectivity index (χ2v) is 6.99. The number of nitrogens with one attached hydrogen (secondary N) is 1. The molecule has 6 heteroatoms. The van der Waals surface area contributed by atoms with Gasteiger partial charge in [-0.15, -0.1) is 0 Å². The molecule has 2 aromatic rings. The normalized spacial score (nSPS) is 16.5. The van der Waals surface area contributed by atoms with Crippen molar-refractivity contribution in [2.45, 2.75) is 13.0 Å². The predicted molar refractivity (Wildman–Crippen MR) is 105 cm³/mol. The molecule has 0 unspecified atom stereocenters. The number of anilines is 2. The van der Waals surface area contributed by atoms with Gasteiger partial charge in [-0.25, -0.2) is 0 Å². The van der Waals surface area contributed by atoms with Crippen LogP contribution in [0.5, 0.6) is 0 Å². The van der Waals surface area contributed by atoms with E-state index in [1.54, 1.807) is 18.2 Å². The lowest BCUT2D eigenvalue weighted by Crippen LogP contribution is -2.52. The summed E-state index contributed by atoms with van der Waals surface area (Å²) in [7, 11) is 0. The fourth-order valence-electron chi connectivity index (χ4n) is 3.00. The molecule has 4 nitrogen and oxygen atoms in total. The number of piperazine rings is 1. The topological polar surface area (TPSA) is 35.6 Å². The molecule has 1 aliphatic heterocycles. The minimum atomic E-state index is -0.229. The molecule has 0 aliphatic carbocycles. The first-order valence-corrected chi connectivity index (χ1v) is 9.10. The maximum absolute atomic E-state index is 12.6. The van der Waals surface area contributed by atoms with Gasteiger partial charge in [-0.05, 0) is 37.3 Å². The Morgan fingerprint density at radius 2 is 1.72 bits per heavy atom. The Balaban J connectivity index is 1.57. The minimum absolute atomic E-state index is 0.0719. The Morgan fingerprint density at radius 3 is 2.40 bits per heavy atom. The number of hydrogen-bond acceptors (Lipinski definition) is 3. The molecular weight excluding hydrogens is 357 g/mol. The second-order valence-electron chi connectivity index (χ2n) is 6.15. The summed E-state index contributed by atoms with van der Waals surface area (Å²) in [6, 6.07) is 15.2. The van der Waals surface area contributed by atoms with E-state index in [9.17, 15) is 4.79 Å². The van der Waals surface area contributed by atoms with Crippen molar-refractivity contribution in [1.82, 2.24) is 4.90 Å². The molecule has 25 heavy (non-hydrogen) atoms. The fraction of sp³-hybridized carbons (Fsp3) is 0.316. The molecule has 1 amide bonds. The summed E-state index contributed by atoms with van der Waals surface area (Å²) in [6.45, 7) is 5.41. The van der Waals surface area contributed by atoms with Gasteiger partial charge < -0.3 is 10.2 Å². The Labute approximate surface area is 158 Å². The second kappa shape index (κ2) is 8.09. The molecule has 1 fully saturated rings. The summed E-state index contributed by atoms with van der Waals surface area (Å²) in [5.41, 5.74) is 1.78. The number of benzene rings is 2. The van der Waals surface area contributed by atoms with Crippen LogP contribution in [0.2, 0.25) is 10.0 Å². The SMILES string of the molecule is C[C@@H](C(=O)Nc1cc(Cl)ccc1Cl)N1CCN(c2ccccc2)CC1. The maximum atomic E-state index is 12.6. The highest BCUT2D eigenvalue weighted by Crippen LogP contribution is 2.26. The quantitative estimate of drug-likeness (QED) is 0.869. The molecular formula is C19H21Cl2N3O. The van der Waals surface area contributed by atoms with Crippen LogP contribution >= 0.6 is 23.2 Å². The van der Waals surface area contributed by atoms with Crippen LogP contribution in [0.25, 0.3) is 0 Å². The zero-order valence-electron chi connectivity index (χ0n) is 14.1.